The Balaban J connectivity index is 1.31. The standard InChI is InChI=1S/C29H28N6O2/c1-18-5-4-6-21(15-18)26-27-30-28(36)23-10-9-22(17-25(23)35(27)32-31-26)29(37)34-13-11-33(12-14-34)24-16-19(2)7-8-20(24)3/h4-10,15-17,32H,11-14H2,1-3H3. The van der Waals surface area contributed by atoms with E-state index in [9.17, 15) is 9.59 Å². The van der Waals surface area contributed by atoms with E-state index in [1.54, 1.807) is 22.7 Å². The molecule has 6 rings (SSSR count). The van der Waals surface area contributed by atoms with Crippen molar-refractivity contribution in [3.8, 4) is 11.3 Å². The van der Waals surface area contributed by atoms with E-state index in [0.29, 0.717) is 40.9 Å². The Hall–Kier alpha value is -4.46. The molecule has 0 atom stereocenters. The van der Waals surface area contributed by atoms with Crippen molar-refractivity contribution >= 4 is 28.1 Å². The fraction of sp³-hybridized carbons (Fsp3) is 0.241. The van der Waals surface area contributed by atoms with Gasteiger partial charge in [-0.3, -0.25) is 9.59 Å². The number of aromatic nitrogens is 4. The van der Waals surface area contributed by atoms with Crippen LogP contribution in [0.1, 0.15) is 27.0 Å². The minimum Gasteiger partial charge on any atom is -0.368 e. The number of carbonyl (C=O) groups is 1. The van der Waals surface area contributed by atoms with E-state index in [2.05, 4.69) is 52.2 Å². The molecule has 0 radical (unpaired) electrons. The van der Waals surface area contributed by atoms with Crippen LogP contribution in [0.4, 0.5) is 5.69 Å². The molecule has 1 fully saturated rings. The molecule has 0 aliphatic carbocycles. The SMILES string of the molecule is Cc1cccc(-c2n[nH]n3c2nc(=O)c2ccc(C(=O)N4CCN(c5cc(C)ccc5C)CC4)cc23)c1. The third kappa shape index (κ3) is 4.04. The monoisotopic (exact) mass is 492 g/mol. The lowest BCUT2D eigenvalue weighted by Crippen LogP contribution is -2.49. The molecule has 37 heavy (non-hydrogen) atoms. The molecular formula is C29H28N6O2. The smallest absolute Gasteiger partial charge is 0.281 e. The highest BCUT2D eigenvalue weighted by molar-refractivity contribution is 5.98. The number of piperazine rings is 1. The first-order valence-electron chi connectivity index (χ1n) is 12.5. The molecule has 1 aliphatic rings. The third-order valence-corrected chi connectivity index (χ3v) is 7.17. The molecule has 1 aliphatic heterocycles. The summed E-state index contributed by atoms with van der Waals surface area (Å²) in [7, 11) is 0. The number of aryl methyl sites for hydroxylation is 3. The molecule has 8 heteroatoms. The molecule has 0 unspecified atom stereocenters. The number of nitrogens with one attached hydrogen (secondary N) is 1. The highest BCUT2D eigenvalue weighted by Gasteiger charge is 2.24. The van der Waals surface area contributed by atoms with Crippen LogP contribution in [0.5, 0.6) is 0 Å². The summed E-state index contributed by atoms with van der Waals surface area (Å²) >= 11 is 0. The molecule has 3 heterocycles. The van der Waals surface area contributed by atoms with Gasteiger partial charge in [0.2, 0.25) is 0 Å². The first-order valence-corrected chi connectivity index (χ1v) is 12.5. The van der Waals surface area contributed by atoms with E-state index in [1.165, 1.54) is 16.8 Å². The van der Waals surface area contributed by atoms with Crippen LogP contribution in [0.2, 0.25) is 0 Å². The van der Waals surface area contributed by atoms with E-state index < -0.39 is 0 Å². The Morgan fingerprint density at radius 1 is 0.892 bits per heavy atom. The molecule has 0 spiro atoms. The second-order valence-corrected chi connectivity index (χ2v) is 9.81. The van der Waals surface area contributed by atoms with Crippen LogP contribution in [-0.2, 0) is 0 Å². The molecule has 3 aromatic carbocycles. The van der Waals surface area contributed by atoms with E-state index in [1.807, 2.05) is 36.1 Å². The maximum Gasteiger partial charge on any atom is 0.281 e. The molecule has 1 saturated heterocycles. The number of rotatable bonds is 3. The summed E-state index contributed by atoms with van der Waals surface area (Å²) in [4.78, 5) is 34.9. The van der Waals surface area contributed by atoms with Crippen LogP contribution in [0.3, 0.4) is 0 Å². The lowest BCUT2D eigenvalue weighted by molar-refractivity contribution is 0.0747. The van der Waals surface area contributed by atoms with Gasteiger partial charge in [-0.05, 0) is 62.2 Å². The minimum atomic E-state index is -0.341. The van der Waals surface area contributed by atoms with Crippen molar-refractivity contribution in [1.29, 1.82) is 0 Å². The number of aromatic amines is 1. The Labute approximate surface area is 214 Å². The number of hydrogen-bond donors (Lipinski definition) is 1. The molecule has 186 valence electrons. The molecule has 0 bridgehead atoms. The minimum absolute atomic E-state index is 0.0426. The van der Waals surface area contributed by atoms with Gasteiger partial charge >= 0.3 is 0 Å². The summed E-state index contributed by atoms with van der Waals surface area (Å²) in [5.41, 5.74) is 7.49. The first-order chi connectivity index (χ1) is 17.9. The maximum absolute atomic E-state index is 13.5. The number of fused-ring (bicyclic) bond motifs is 3. The maximum atomic E-state index is 13.5. The molecular weight excluding hydrogens is 464 g/mol. The quantitative estimate of drug-likeness (QED) is 0.409. The van der Waals surface area contributed by atoms with Crippen LogP contribution in [0.15, 0.2) is 65.5 Å². The summed E-state index contributed by atoms with van der Waals surface area (Å²) in [5, 5.41) is 7.88. The Kier molecular flexibility index (Phi) is 5.52. The predicted octanol–water partition coefficient (Wildman–Crippen LogP) is 4.13. The first kappa shape index (κ1) is 23.0. The van der Waals surface area contributed by atoms with Crippen molar-refractivity contribution in [3.05, 3.63) is 93.3 Å². The summed E-state index contributed by atoms with van der Waals surface area (Å²) in [6.45, 7) is 9.06. The van der Waals surface area contributed by atoms with Crippen molar-refractivity contribution in [2.24, 2.45) is 0 Å². The van der Waals surface area contributed by atoms with Gasteiger partial charge in [-0.1, -0.05) is 35.9 Å². The Bertz CT molecular complexity index is 1730. The van der Waals surface area contributed by atoms with Gasteiger partial charge < -0.3 is 9.80 Å². The van der Waals surface area contributed by atoms with Crippen molar-refractivity contribution in [2.75, 3.05) is 31.1 Å². The van der Waals surface area contributed by atoms with E-state index in [-0.39, 0.29) is 11.5 Å². The fourth-order valence-corrected chi connectivity index (χ4v) is 5.14. The van der Waals surface area contributed by atoms with Crippen molar-refractivity contribution in [3.63, 3.8) is 0 Å². The normalized spacial score (nSPS) is 14.0. The molecule has 2 aromatic heterocycles. The summed E-state index contributed by atoms with van der Waals surface area (Å²) in [6.07, 6.45) is 0. The van der Waals surface area contributed by atoms with Crippen molar-refractivity contribution in [2.45, 2.75) is 20.8 Å². The van der Waals surface area contributed by atoms with Gasteiger partial charge in [-0.15, -0.1) is 0 Å². The van der Waals surface area contributed by atoms with Gasteiger partial charge in [0.05, 0.1) is 10.9 Å². The molecule has 1 N–H and O–H groups in total. The van der Waals surface area contributed by atoms with E-state index >= 15 is 0 Å². The largest absolute Gasteiger partial charge is 0.368 e. The van der Waals surface area contributed by atoms with Crippen LogP contribution in [-0.4, -0.2) is 56.8 Å². The second kappa shape index (κ2) is 8.89. The van der Waals surface area contributed by atoms with E-state index in [4.69, 9.17) is 0 Å². The number of benzene rings is 3. The van der Waals surface area contributed by atoms with Crippen LogP contribution in [0.25, 0.3) is 27.8 Å². The number of carbonyl (C=O) groups excluding carboxylic acids is 1. The highest BCUT2D eigenvalue weighted by Crippen LogP contribution is 2.25. The summed E-state index contributed by atoms with van der Waals surface area (Å²) in [5.74, 6) is -0.0426. The van der Waals surface area contributed by atoms with Crippen LogP contribution >= 0.6 is 0 Å². The average Bonchev–Trinajstić information content (AvgIpc) is 3.33. The van der Waals surface area contributed by atoms with Crippen molar-refractivity contribution < 1.29 is 4.79 Å². The summed E-state index contributed by atoms with van der Waals surface area (Å²) < 4.78 is 1.68. The molecule has 5 aromatic rings. The van der Waals surface area contributed by atoms with E-state index in [0.717, 1.165) is 24.2 Å². The number of H-pyrrole nitrogens is 1. The van der Waals surface area contributed by atoms with Crippen molar-refractivity contribution in [1.82, 2.24) is 24.7 Å². The Morgan fingerprint density at radius 2 is 1.68 bits per heavy atom. The van der Waals surface area contributed by atoms with Gasteiger partial charge in [0, 0.05) is 43.0 Å². The van der Waals surface area contributed by atoms with Gasteiger partial charge in [0.15, 0.2) is 5.65 Å². The molecule has 1 amide bonds. The average molecular weight is 493 g/mol. The lowest BCUT2D eigenvalue weighted by atomic mass is 10.1. The molecule has 0 saturated carbocycles. The zero-order valence-electron chi connectivity index (χ0n) is 21.2. The fourth-order valence-electron chi connectivity index (χ4n) is 5.14. The second-order valence-electron chi connectivity index (χ2n) is 9.81. The summed E-state index contributed by atoms with van der Waals surface area (Å²) in [6, 6.07) is 19.6. The lowest BCUT2D eigenvalue weighted by Gasteiger charge is -2.37. The molecule has 8 nitrogen and oxygen atoms in total. The van der Waals surface area contributed by atoms with Gasteiger partial charge in [0.25, 0.3) is 11.5 Å². The van der Waals surface area contributed by atoms with Crippen LogP contribution in [0, 0.1) is 20.8 Å². The number of nitrogens with zero attached hydrogens (tertiary/aromatic N) is 5. The highest BCUT2D eigenvalue weighted by atomic mass is 16.2. The van der Waals surface area contributed by atoms with Gasteiger partial charge in [-0.2, -0.15) is 10.1 Å². The van der Waals surface area contributed by atoms with Gasteiger partial charge in [0.1, 0.15) is 5.69 Å². The number of hydrogen-bond acceptors (Lipinski definition) is 5. The number of amides is 1. The zero-order chi connectivity index (χ0) is 25.7. The predicted molar refractivity (Wildman–Crippen MR) is 145 cm³/mol. The Morgan fingerprint density at radius 3 is 2.46 bits per heavy atom. The number of anilines is 1. The topological polar surface area (TPSA) is 86.6 Å². The zero-order valence-corrected chi connectivity index (χ0v) is 21.2. The van der Waals surface area contributed by atoms with Crippen LogP contribution < -0.4 is 10.5 Å². The third-order valence-electron chi connectivity index (χ3n) is 7.17. The van der Waals surface area contributed by atoms with Gasteiger partial charge in [-0.25, -0.2) is 9.73 Å².